The van der Waals surface area contributed by atoms with Gasteiger partial charge in [0.25, 0.3) is 6.71 Å². The van der Waals surface area contributed by atoms with Gasteiger partial charge in [-0.15, -0.1) is 0 Å². The summed E-state index contributed by atoms with van der Waals surface area (Å²) in [5.74, 6) is 1.77. The number of benzene rings is 8. The van der Waals surface area contributed by atoms with Gasteiger partial charge in [0.15, 0.2) is 0 Å². The molecule has 0 amide bonds. The molecule has 4 heterocycles. The van der Waals surface area contributed by atoms with Crippen LogP contribution in [0.25, 0.3) is 38.6 Å². The molecule has 0 unspecified atom stereocenters. The zero-order valence-electron chi connectivity index (χ0n) is 29.3. The lowest BCUT2D eigenvalue weighted by Crippen LogP contribution is -2.56. The van der Waals surface area contributed by atoms with Crippen LogP contribution in [0, 0.1) is 0 Å². The number of rotatable bonds is 3. The van der Waals surface area contributed by atoms with Gasteiger partial charge in [-0.1, -0.05) is 139 Å². The summed E-state index contributed by atoms with van der Waals surface area (Å²) in [5.41, 5.74) is 15.6. The van der Waals surface area contributed by atoms with Crippen LogP contribution < -0.4 is 36.2 Å². The topological polar surface area (TPSA) is 20.6 Å². The SMILES string of the molecule is c1ccc(B2c3ccc(N4B5c6ccccc6-c6ccccc6N5c5ccccc54)cc3Oc3cc(-n4c5ccccc5c5ccccc54)ccc32)cc1. The van der Waals surface area contributed by atoms with Crippen LogP contribution in [0.5, 0.6) is 11.5 Å². The second-order valence-corrected chi connectivity index (χ2v) is 14.5. The monoisotopic (exact) mass is 687 g/mol. The van der Waals surface area contributed by atoms with Gasteiger partial charge in [0, 0.05) is 45.5 Å². The van der Waals surface area contributed by atoms with E-state index in [1.807, 2.05) is 0 Å². The van der Waals surface area contributed by atoms with E-state index in [1.165, 1.54) is 71.8 Å². The highest BCUT2D eigenvalue weighted by Gasteiger charge is 2.48. The fourth-order valence-corrected chi connectivity index (χ4v) is 9.43. The lowest BCUT2D eigenvalue weighted by Gasteiger charge is -2.36. The zero-order chi connectivity index (χ0) is 35.3. The first-order valence-corrected chi connectivity index (χ1v) is 18.7. The van der Waals surface area contributed by atoms with Crippen molar-refractivity contribution in [3.63, 3.8) is 0 Å². The molecule has 3 aliphatic rings. The molecule has 0 saturated heterocycles. The minimum Gasteiger partial charge on any atom is -0.458 e. The van der Waals surface area contributed by atoms with Crippen LogP contribution in [0.1, 0.15) is 0 Å². The average molecular weight is 687 g/mol. The number of ether oxygens (including phenoxy) is 1. The molecule has 54 heavy (non-hydrogen) atoms. The standard InChI is InChI=1S/C48H31B2N3O/c1-2-14-32(15-3-1)49-40-28-26-33(51-42-21-9-5-18-37(42)38-19-6-10-22-43(38)51)30-47(40)54-48-31-34(27-29-41(48)49)52-45-24-12-13-25-46(45)53-44-23-11-7-17-36(44)35-16-4-8-20-39(35)50(52)53/h1-31H. The maximum Gasteiger partial charge on any atom is 0.421 e. The number of anilines is 4. The lowest BCUT2D eigenvalue weighted by atomic mass is 9.36. The molecule has 250 valence electrons. The maximum absolute atomic E-state index is 7.09. The van der Waals surface area contributed by atoms with Crippen molar-refractivity contribution in [3.8, 4) is 28.3 Å². The van der Waals surface area contributed by atoms with Gasteiger partial charge < -0.3 is 18.9 Å². The summed E-state index contributed by atoms with van der Waals surface area (Å²) >= 11 is 0. The van der Waals surface area contributed by atoms with Gasteiger partial charge in [0.1, 0.15) is 11.5 Å². The molecule has 0 fully saturated rings. The minimum atomic E-state index is -0.0470. The Labute approximate surface area is 314 Å². The normalized spacial score (nSPS) is 13.6. The van der Waals surface area contributed by atoms with E-state index in [2.05, 4.69) is 202 Å². The largest absolute Gasteiger partial charge is 0.458 e. The lowest BCUT2D eigenvalue weighted by molar-refractivity contribution is 0.487. The number of aromatic nitrogens is 1. The van der Waals surface area contributed by atoms with Crippen LogP contribution in [0.2, 0.25) is 0 Å². The number of fused-ring (bicyclic) bond motifs is 13. The smallest absolute Gasteiger partial charge is 0.421 e. The van der Waals surface area contributed by atoms with Crippen LogP contribution >= 0.6 is 0 Å². The number of nitrogens with zero attached hydrogens (tertiary/aromatic N) is 3. The molecule has 1 aromatic heterocycles. The molecule has 0 bridgehead atoms. The third-order valence-corrected chi connectivity index (χ3v) is 11.7. The van der Waals surface area contributed by atoms with Crippen molar-refractivity contribution >= 4 is 80.1 Å². The van der Waals surface area contributed by atoms with Gasteiger partial charge in [-0.2, -0.15) is 0 Å². The van der Waals surface area contributed by atoms with Crippen molar-refractivity contribution < 1.29 is 4.74 Å². The van der Waals surface area contributed by atoms with Crippen LogP contribution in [-0.2, 0) is 0 Å². The molecule has 3 aliphatic heterocycles. The van der Waals surface area contributed by atoms with Gasteiger partial charge >= 0.3 is 6.98 Å². The Morgan fingerprint density at radius 1 is 0.389 bits per heavy atom. The van der Waals surface area contributed by atoms with Crippen LogP contribution in [0.4, 0.5) is 22.7 Å². The summed E-state index contributed by atoms with van der Waals surface area (Å²) in [6, 6.07) is 68.3. The highest BCUT2D eigenvalue weighted by atomic mass is 16.5. The van der Waals surface area contributed by atoms with E-state index in [0.717, 1.165) is 22.9 Å². The Balaban J connectivity index is 1.04. The molecular weight excluding hydrogens is 656 g/mol. The second kappa shape index (κ2) is 11.3. The van der Waals surface area contributed by atoms with Crippen LogP contribution in [0.15, 0.2) is 188 Å². The quantitative estimate of drug-likeness (QED) is 0.173. The highest BCUT2D eigenvalue weighted by molar-refractivity contribution is 6.97. The summed E-state index contributed by atoms with van der Waals surface area (Å²) in [5, 5.41) is 2.49. The van der Waals surface area contributed by atoms with Crippen molar-refractivity contribution in [2.24, 2.45) is 0 Å². The Morgan fingerprint density at radius 3 is 1.65 bits per heavy atom. The van der Waals surface area contributed by atoms with E-state index >= 15 is 0 Å². The molecule has 0 radical (unpaired) electrons. The molecule has 0 saturated carbocycles. The van der Waals surface area contributed by atoms with E-state index < -0.39 is 0 Å². The third kappa shape index (κ3) is 4.11. The summed E-state index contributed by atoms with van der Waals surface area (Å²) in [6.45, 7) is -0.0231. The second-order valence-electron chi connectivity index (χ2n) is 14.5. The molecule has 4 nitrogen and oxygen atoms in total. The summed E-state index contributed by atoms with van der Waals surface area (Å²) in [7, 11) is 0. The maximum atomic E-state index is 7.09. The number of para-hydroxylation sites is 5. The Bertz CT molecular complexity index is 2920. The first-order chi connectivity index (χ1) is 26.8. The van der Waals surface area contributed by atoms with E-state index in [0.29, 0.717) is 0 Å². The van der Waals surface area contributed by atoms with E-state index in [9.17, 15) is 0 Å². The average Bonchev–Trinajstić information content (AvgIpc) is 3.77. The minimum absolute atomic E-state index is 0.0239. The Kier molecular flexibility index (Phi) is 6.20. The molecular formula is C48H31B2N3O. The molecule has 9 aromatic rings. The van der Waals surface area contributed by atoms with Crippen LogP contribution in [0.3, 0.4) is 0 Å². The Morgan fingerprint density at radius 2 is 0.926 bits per heavy atom. The first kappa shape index (κ1) is 29.6. The van der Waals surface area contributed by atoms with Gasteiger partial charge in [-0.25, -0.2) is 0 Å². The predicted octanol–water partition coefficient (Wildman–Crippen LogP) is 9.07. The van der Waals surface area contributed by atoms with Gasteiger partial charge in [-0.3, -0.25) is 0 Å². The van der Waals surface area contributed by atoms with Gasteiger partial charge in [0.05, 0.1) is 22.4 Å². The van der Waals surface area contributed by atoms with Crippen molar-refractivity contribution in [1.29, 1.82) is 0 Å². The van der Waals surface area contributed by atoms with Crippen molar-refractivity contribution in [2.45, 2.75) is 0 Å². The fraction of sp³-hybridized carbons (Fsp3) is 0. The molecule has 12 rings (SSSR count). The summed E-state index contributed by atoms with van der Waals surface area (Å²) in [4.78, 5) is 5.00. The number of hydrogen-bond donors (Lipinski definition) is 0. The fourth-order valence-electron chi connectivity index (χ4n) is 9.43. The van der Waals surface area contributed by atoms with E-state index in [1.54, 1.807) is 0 Å². The zero-order valence-corrected chi connectivity index (χ0v) is 29.3. The molecule has 0 aliphatic carbocycles. The highest BCUT2D eigenvalue weighted by Crippen LogP contribution is 2.51. The van der Waals surface area contributed by atoms with Crippen molar-refractivity contribution in [1.82, 2.24) is 4.57 Å². The molecule has 0 N–H and O–H groups in total. The van der Waals surface area contributed by atoms with Crippen LogP contribution in [-0.4, -0.2) is 18.3 Å². The Hall–Kier alpha value is -6.91. The third-order valence-electron chi connectivity index (χ3n) is 11.7. The first-order valence-electron chi connectivity index (χ1n) is 18.7. The van der Waals surface area contributed by atoms with Gasteiger partial charge in [0.2, 0.25) is 0 Å². The number of hydrogen-bond acceptors (Lipinski definition) is 3. The van der Waals surface area contributed by atoms with Crippen molar-refractivity contribution in [2.75, 3.05) is 9.62 Å². The summed E-state index contributed by atoms with van der Waals surface area (Å²) < 4.78 is 9.46. The molecule has 0 atom stereocenters. The molecule has 8 aromatic carbocycles. The molecule has 6 heteroatoms. The summed E-state index contributed by atoms with van der Waals surface area (Å²) in [6.07, 6.45) is 0. The van der Waals surface area contributed by atoms with Crippen molar-refractivity contribution in [3.05, 3.63) is 188 Å². The van der Waals surface area contributed by atoms with E-state index in [4.69, 9.17) is 4.74 Å². The predicted molar refractivity (Wildman–Crippen MR) is 226 cm³/mol. The van der Waals surface area contributed by atoms with E-state index in [-0.39, 0.29) is 13.7 Å². The molecule has 0 spiro atoms. The van der Waals surface area contributed by atoms with Gasteiger partial charge in [-0.05, 0) is 64.4 Å².